The maximum atomic E-state index is 5.66. The first kappa shape index (κ1) is 11.6. The Morgan fingerprint density at radius 2 is 2.38 bits per heavy atom. The van der Waals surface area contributed by atoms with Crippen LogP contribution in [0.15, 0.2) is 12.4 Å². The Kier molecular flexibility index (Phi) is 3.04. The highest BCUT2D eigenvalue weighted by atomic mass is 15.2. The van der Waals surface area contributed by atoms with Crippen LogP contribution in [0.4, 0.5) is 0 Å². The third kappa shape index (κ3) is 2.13. The molecule has 90 valence electrons. The van der Waals surface area contributed by atoms with E-state index in [1.165, 1.54) is 6.42 Å². The number of imidazole rings is 1. The van der Waals surface area contributed by atoms with E-state index in [2.05, 4.69) is 35.7 Å². The summed E-state index contributed by atoms with van der Waals surface area (Å²) in [5.41, 5.74) is 3.40. The van der Waals surface area contributed by atoms with Crippen LogP contribution in [0.5, 0.6) is 0 Å². The van der Waals surface area contributed by atoms with Gasteiger partial charge in [-0.25, -0.2) is 4.98 Å². The van der Waals surface area contributed by atoms with E-state index in [-0.39, 0.29) is 0 Å². The molecule has 1 aromatic heterocycles. The lowest BCUT2D eigenvalue weighted by molar-refractivity contribution is 0.399. The van der Waals surface area contributed by atoms with Crippen LogP contribution in [0.25, 0.3) is 0 Å². The molecule has 0 amide bonds. The summed E-state index contributed by atoms with van der Waals surface area (Å²) in [4.78, 5) is 4.40. The van der Waals surface area contributed by atoms with E-state index < -0.39 is 0 Å². The van der Waals surface area contributed by atoms with Crippen LogP contribution in [0.1, 0.15) is 33.0 Å². The molecule has 16 heavy (non-hydrogen) atoms. The minimum atomic E-state index is 0.350. The van der Waals surface area contributed by atoms with Crippen LogP contribution in [-0.4, -0.2) is 15.6 Å². The molecule has 0 bridgehead atoms. The molecule has 1 saturated carbocycles. The smallest absolute Gasteiger partial charge is 0.110 e. The van der Waals surface area contributed by atoms with Crippen LogP contribution in [-0.2, 0) is 13.0 Å². The Bertz CT molecular complexity index is 356. The van der Waals surface area contributed by atoms with Gasteiger partial charge in [0.15, 0.2) is 0 Å². The summed E-state index contributed by atoms with van der Waals surface area (Å²) >= 11 is 0. The van der Waals surface area contributed by atoms with Gasteiger partial charge in [0.25, 0.3) is 0 Å². The molecule has 4 heteroatoms. The van der Waals surface area contributed by atoms with Gasteiger partial charge in [-0.15, -0.1) is 0 Å². The molecule has 0 aliphatic heterocycles. The average molecular weight is 222 g/mol. The molecular formula is C12H22N4. The molecule has 0 radical (unpaired) electrons. The van der Waals surface area contributed by atoms with Crippen molar-refractivity contribution in [2.75, 3.05) is 0 Å². The second-order valence-electron chi connectivity index (χ2n) is 5.41. The van der Waals surface area contributed by atoms with E-state index in [1.54, 1.807) is 0 Å². The predicted octanol–water partition coefficient (Wildman–Crippen LogP) is 1.32. The summed E-state index contributed by atoms with van der Waals surface area (Å²) in [7, 11) is 0. The maximum absolute atomic E-state index is 5.66. The Hall–Kier alpha value is -0.870. The van der Waals surface area contributed by atoms with E-state index in [9.17, 15) is 0 Å². The Balaban J connectivity index is 2.02. The summed E-state index contributed by atoms with van der Waals surface area (Å²) in [6, 6.07) is 0.350. The second-order valence-corrected chi connectivity index (χ2v) is 5.41. The zero-order valence-corrected chi connectivity index (χ0v) is 10.4. The SMILES string of the molecule is CCn1ccnc1CC(NN)C1CC1(C)C. The molecule has 1 fully saturated rings. The van der Waals surface area contributed by atoms with Gasteiger partial charge < -0.3 is 4.57 Å². The lowest BCUT2D eigenvalue weighted by Crippen LogP contribution is -2.40. The van der Waals surface area contributed by atoms with Crippen LogP contribution in [0.3, 0.4) is 0 Å². The highest BCUT2D eigenvalue weighted by Crippen LogP contribution is 2.53. The molecule has 1 aliphatic carbocycles. The summed E-state index contributed by atoms with van der Waals surface area (Å²) in [5, 5.41) is 0. The Morgan fingerprint density at radius 1 is 1.69 bits per heavy atom. The lowest BCUT2D eigenvalue weighted by atomic mass is 10.0. The summed E-state index contributed by atoms with van der Waals surface area (Å²) in [5.74, 6) is 7.47. The lowest BCUT2D eigenvalue weighted by Gasteiger charge is -2.17. The van der Waals surface area contributed by atoms with Gasteiger partial charge in [-0.3, -0.25) is 11.3 Å². The first-order valence-corrected chi connectivity index (χ1v) is 6.04. The van der Waals surface area contributed by atoms with Crippen LogP contribution >= 0.6 is 0 Å². The quantitative estimate of drug-likeness (QED) is 0.583. The summed E-state index contributed by atoms with van der Waals surface area (Å²) in [6.45, 7) is 7.71. The molecule has 0 spiro atoms. The molecule has 1 heterocycles. The van der Waals surface area contributed by atoms with Gasteiger partial charge in [0.1, 0.15) is 5.82 Å². The van der Waals surface area contributed by atoms with E-state index >= 15 is 0 Å². The predicted molar refractivity (Wildman–Crippen MR) is 64.6 cm³/mol. The highest BCUT2D eigenvalue weighted by molar-refractivity contribution is 5.05. The van der Waals surface area contributed by atoms with E-state index in [0.29, 0.717) is 17.4 Å². The molecule has 2 rings (SSSR count). The van der Waals surface area contributed by atoms with Crippen LogP contribution in [0.2, 0.25) is 0 Å². The van der Waals surface area contributed by atoms with Gasteiger partial charge in [0.05, 0.1) is 0 Å². The molecule has 1 aliphatic rings. The second kappa shape index (κ2) is 4.18. The minimum absolute atomic E-state index is 0.350. The zero-order valence-electron chi connectivity index (χ0n) is 10.4. The molecule has 3 N–H and O–H groups in total. The third-order valence-electron chi connectivity index (χ3n) is 3.83. The average Bonchev–Trinajstić information content (AvgIpc) is 2.72. The van der Waals surface area contributed by atoms with Gasteiger partial charge in [0.2, 0.25) is 0 Å². The van der Waals surface area contributed by atoms with Crippen molar-refractivity contribution in [1.29, 1.82) is 0 Å². The standard InChI is InChI=1S/C12H22N4/c1-4-16-6-5-14-11(16)7-10(15-13)9-8-12(9,2)3/h5-6,9-10,15H,4,7-8,13H2,1-3H3. The summed E-state index contributed by atoms with van der Waals surface area (Å²) in [6.07, 6.45) is 6.07. The van der Waals surface area contributed by atoms with Gasteiger partial charge in [0, 0.05) is 31.4 Å². The largest absolute Gasteiger partial charge is 0.335 e. The monoisotopic (exact) mass is 222 g/mol. The number of hydrogen-bond acceptors (Lipinski definition) is 3. The number of rotatable bonds is 5. The van der Waals surface area contributed by atoms with Crippen molar-refractivity contribution in [3.63, 3.8) is 0 Å². The normalized spacial score (nSPS) is 24.4. The highest BCUT2D eigenvalue weighted by Gasteiger charge is 2.49. The van der Waals surface area contributed by atoms with Gasteiger partial charge in [-0.2, -0.15) is 0 Å². The van der Waals surface area contributed by atoms with Crippen molar-refractivity contribution in [2.45, 2.75) is 46.2 Å². The van der Waals surface area contributed by atoms with E-state index in [1.807, 2.05) is 12.4 Å². The minimum Gasteiger partial charge on any atom is -0.335 e. The molecule has 0 aromatic carbocycles. The van der Waals surface area contributed by atoms with Gasteiger partial charge in [-0.1, -0.05) is 13.8 Å². The number of hydrogen-bond donors (Lipinski definition) is 2. The van der Waals surface area contributed by atoms with Gasteiger partial charge >= 0.3 is 0 Å². The molecule has 1 aromatic rings. The van der Waals surface area contributed by atoms with Crippen LogP contribution < -0.4 is 11.3 Å². The van der Waals surface area contributed by atoms with E-state index in [4.69, 9.17) is 5.84 Å². The molecule has 0 saturated heterocycles. The third-order valence-corrected chi connectivity index (χ3v) is 3.83. The summed E-state index contributed by atoms with van der Waals surface area (Å²) < 4.78 is 2.18. The Morgan fingerprint density at radius 3 is 2.88 bits per heavy atom. The van der Waals surface area contributed by atoms with Crippen molar-refractivity contribution in [2.24, 2.45) is 17.2 Å². The van der Waals surface area contributed by atoms with Crippen molar-refractivity contribution in [3.8, 4) is 0 Å². The van der Waals surface area contributed by atoms with Crippen molar-refractivity contribution in [1.82, 2.24) is 15.0 Å². The maximum Gasteiger partial charge on any atom is 0.110 e. The zero-order chi connectivity index (χ0) is 11.8. The fraction of sp³-hybridized carbons (Fsp3) is 0.750. The van der Waals surface area contributed by atoms with Crippen molar-refractivity contribution in [3.05, 3.63) is 18.2 Å². The first-order chi connectivity index (χ1) is 7.58. The number of nitrogens with zero attached hydrogens (tertiary/aromatic N) is 2. The molecular weight excluding hydrogens is 200 g/mol. The first-order valence-electron chi connectivity index (χ1n) is 6.04. The van der Waals surface area contributed by atoms with Gasteiger partial charge in [-0.05, 0) is 24.7 Å². The number of aryl methyl sites for hydroxylation is 1. The van der Waals surface area contributed by atoms with Crippen LogP contribution in [0, 0.1) is 11.3 Å². The fourth-order valence-electron chi connectivity index (χ4n) is 2.53. The molecule has 2 atom stereocenters. The number of nitrogens with two attached hydrogens (primary N) is 1. The number of aromatic nitrogens is 2. The van der Waals surface area contributed by atoms with Crippen molar-refractivity contribution < 1.29 is 0 Å². The number of hydrazine groups is 1. The van der Waals surface area contributed by atoms with Crippen molar-refractivity contribution >= 4 is 0 Å². The molecule has 2 unspecified atom stereocenters. The topological polar surface area (TPSA) is 55.9 Å². The fourth-order valence-corrected chi connectivity index (χ4v) is 2.53. The number of nitrogens with one attached hydrogen (secondary N) is 1. The Labute approximate surface area is 97.2 Å². The van der Waals surface area contributed by atoms with E-state index in [0.717, 1.165) is 18.8 Å². The molecule has 4 nitrogen and oxygen atoms in total.